The molecule has 0 saturated carbocycles. The summed E-state index contributed by atoms with van der Waals surface area (Å²) in [6, 6.07) is 12.8. The summed E-state index contributed by atoms with van der Waals surface area (Å²) < 4.78 is 5.36. The van der Waals surface area contributed by atoms with Crippen molar-refractivity contribution in [3.05, 3.63) is 63.7 Å². The van der Waals surface area contributed by atoms with Gasteiger partial charge in [0.05, 0.1) is 18.1 Å². The molecule has 1 atom stereocenters. The fraction of sp³-hybridized carbons (Fsp3) is 0.350. The van der Waals surface area contributed by atoms with Crippen molar-refractivity contribution in [3.63, 3.8) is 0 Å². The van der Waals surface area contributed by atoms with Crippen LogP contribution in [0.4, 0.5) is 17.1 Å². The van der Waals surface area contributed by atoms with Crippen LogP contribution in [-0.2, 0) is 22.4 Å². The molecule has 7 heteroatoms. The quantitative estimate of drug-likeness (QED) is 0.663. The minimum absolute atomic E-state index is 0.0976. The van der Waals surface area contributed by atoms with Gasteiger partial charge in [-0.1, -0.05) is 12.1 Å². The van der Waals surface area contributed by atoms with E-state index in [4.69, 9.17) is 4.74 Å². The van der Waals surface area contributed by atoms with Gasteiger partial charge in [0.25, 0.3) is 5.69 Å². The molecule has 4 rings (SSSR count). The van der Waals surface area contributed by atoms with Crippen LogP contribution < -0.4 is 10.2 Å². The van der Waals surface area contributed by atoms with Crippen molar-refractivity contribution in [3.8, 4) is 0 Å². The number of morpholine rings is 1. The number of nitro groups is 1. The van der Waals surface area contributed by atoms with Gasteiger partial charge in [0.1, 0.15) is 0 Å². The molecule has 1 aliphatic carbocycles. The number of nitrogens with one attached hydrogen (secondary N) is 1. The summed E-state index contributed by atoms with van der Waals surface area (Å²) in [4.78, 5) is 25.7. The maximum absolute atomic E-state index is 12.6. The maximum atomic E-state index is 12.6. The number of amides is 1. The Hall–Kier alpha value is -2.93. The van der Waals surface area contributed by atoms with E-state index in [-0.39, 0.29) is 22.4 Å². The Balaban J connectivity index is 1.41. The van der Waals surface area contributed by atoms with E-state index in [1.165, 1.54) is 6.07 Å². The highest BCUT2D eigenvalue weighted by molar-refractivity contribution is 5.93. The lowest BCUT2D eigenvalue weighted by atomic mass is 10.1. The van der Waals surface area contributed by atoms with Crippen molar-refractivity contribution in [2.24, 2.45) is 5.92 Å². The number of hydrogen-bond donors (Lipinski definition) is 1. The lowest BCUT2D eigenvalue weighted by Crippen LogP contribution is -2.36. The minimum Gasteiger partial charge on any atom is -0.378 e. The molecule has 1 heterocycles. The predicted molar refractivity (Wildman–Crippen MR) is 102 cm³/mol. The third-order valence-electron chi connectivity index (χ3n) is 5.24. The second-order valence-corrected chi connectivity index (χ2v) is 6.91. The number of carbonyl (C=O) groups is 1. The molecule has 1 N–H and O–H groups in total. The van der Waals surface area contributed by atoms with Crippen LogP contribution in [0.3, 0.4) is 0 Å². The Morgan fingerprint density at radius 1 is 1.11 bits per heavy atom. The van der Waals surface area contributed by atoms with Gasteiger partial charge in [-0.15, -0.1) is 0 Å². The average Bonchev–Trinajstić information content (AvgIpc) is 3.13. The number of nitrogens with zero attached hydrogens (tertiary/aromatic N) is 2. The van der Waals surface area contributed by atoms with Crippen LogP contribution in [0.5, 0.6) is 0 Å². The number of anilines is 2. The number of rotatable bonds is 4. The van der Waals surface area contributed by atoms with Gasteiger partial charge in [0, 0.05) is 42.0 Å². The molecule has 27 heavy (non-hydrogen) atoms. The van der Waals surface area contributed by atoms with Gasteiger partial charge >= 0.3 is 0 Å². The zero-order valence-corrected chi connectivity index (χ0v) is 14.9. The molecule has 1 aliphatic heterocycles. The van der Waals surface area contributed by atoms with E-state index in [1.807, 2.05) is 30.3 Å². The molecule has 1 amide bonds. The SMILES string of the molecule is O=C(Nc1ccc(N2CCOCC2)cc1)C1Cc2cccc([N+](=O)[O-])c2C1. The molecular weight excluding hydrogens is 346 g/mol. The Bertz CT molecular complexity index is 860. The fourth-order valence-corrected chi connectivity index (χ4v) is 3.81. The molecule has 1 fully saturated rings. The topological polar surface area (TPSA) is 84.7 Å². The van der Waals surface area contributed by atoms with Gasteiger partial charge in [-0.05, 0) is 42.7 Å². The van der Waals surface area contributed by atoms with Gasteiger partial charge < -0.3 is 15.0 Å². The molecule has 140 valence electrons. The van der Waals surface area contributed by atoms with E-state index < -0.39 is 0 Å². The summed E-state index contributed by atoms with van der Waals surface area (Å²) in [7, 11) is 0. The number of hydrogen-bond acceptors (Lipinski definition) is 5. The van der Waals surface area contributed by atoms with Gasteiger partial charge in [-0.25, -0.2) is 0 Å². The zero-order valence-electron chi connectivity index (χ0n) is 14.9. The molecule has 2 aromatic rings. The molecular formula is C20H21N3O4. The third-order valence-corrected chi connectivity index (χ3v) is 5.24. The van der Waals surface area contributed by atoms with Gasteiger partial charge in [-0.2, -0.15) is 0 Å². The van der Waals surface area contributed by atoms with Crippen LogP contribution in [0.2, 0.25) is 0 Å². The van der Waals surface area contributed by atoms with Crippen LogP contribution in [0, 0.1) is 16.0 Å². The monoisotopic (exact) mass is 367 g/mol. The summed E-state index contributed by atoms with van der Waals surface area (Å²) in [6.45, 7) is 3.19. The second-order valence-electron chi connectivity index (χ2n) is 6.91. The van der Waals surface area contributed by atoms with Crippen molar-refractivity contribution >= 4 is 23.0 Å². The fourth-order valence-electron chi connectivity index (χ4n) is 3.81. The summed E-state index contributed by atoms with van der Waals surface area (Å²) >= 11 is 0. The highest BCUT2D eigenvalue weighted by Gasteiger charge is 2.32. The lowest BCUT2D eigenvalue weighted by Gasteiger charge is -2.28. The Labute approximate surface area is 157 Å². The number of carbonyl (C=O) groups excluding carboxylic acids is 1. The summed E-state index contributed by atoms with van der Waals surface area (Å²) in [5, 5.41) is 14.1. The minimum atomic E-state index is -0.372. The summed E-state index contributed by atoms with van der Waals surface area (Å²) in [5.41, 5.74) is 3.54. The van der Waals surface area contributed by atoms with Crippen LogP contribution in [0.15, 0.2) is 42.5 Å². The first-order chi connectivity index (χ1) is 13.1. The molecule has 2 aliphatic rings. The molecule has 1 saturated heterocycles. The highest BCUT2D eigenvalue weighted by Crippen LogP contribution is 2.34. The zero-order chi connectivity index (χ0) is 18.8. The van der Waals surface area contributed by atoms with Crippen molar-refractivity contribution in [2.75, 3.05) is 36.5 Å². The van der Waals surface area contributed by atoms with Crippen LogP contribution in [-0.4, -0.2) is 37.1 Å². The van der Waals surface area contributed by atoms with Gasteiger partial charge in [0.15, 0.2) is 0 Å². The van der Waals surface area contributed by atoms with Crippen molar-refractivity contribution in [1.29, 1.82) is 0 Å². The molecule has 0 spiro atoms. The van der Waals surface area contributed by atoms with Crippen molar-refractivity contribution in [2.45, 2.75) is 12.8 Å². The van der Waals surface area contributed by atoms with E-state index >= 15 is 0 Å². The molecule has 0 aromatic heterocycles. The van der Waals surface area contributed by atoms with E-state index in [2.05, 4.69) is 10.2 Å². The average molecular weight is 367 g/mol. The molecule has 0 radical (unpaired) electrons. The molecule has 0 bridgehead atoms. The Kier molecular flexibility index (Phi) is 4.77. The lowest BCUT2D eigenvalue weighted by molar-refractivity contribution is -0.385. The highest BCUT2D eigenvalue weighted by atomic mass is 16.6. The third kappa shape index (κ3) is 3.64. The molecule has 7 nitrogen and oxygen atoms in total. The van der Waals surface area contributed by atoms with Crippen LogP contribution in [0.25, 0.3) is 0 Å². The van der Waals surface area contributed by atoms with Crippen LogP contribution in [0.1, 0.15) is 11.1 Å². The molecule has 2 aromatic carbocycles. The Morgan fingerprint density at radius 3 is 2.56 bits per heavy atom. The van der Waals surface area contributed by atoms with Crippen molar-refractivity contribution < 1.29 is 14.5 Å². The summed E-state index contributed by atoms with van der Waals surface area (Å²) in [6.07, 6.45) is 0.943. The van der Waals surface area contributed by atoms with Gasteiger partial charge in [0.2, 0.25) is 5.91 Å². The normalized spacial score (nSPS) is 18.8. The first kappa shape index (κ1) is 17.5. The van der Waals surface area contributed by atoms with Crippen molar-refractivity contribution in [1.82, 2.24) is 0 Å². The maximum Gasteiger partial charge on any atom is 0.272 e. The van der Waals surface area contributed by atoms with E-state index in [0.29, 0.717) is 18.4 Å². The number of fused-ring (bicyclic) bond motifs is 1. The smallest absolute Gasteiger partial charge is 0.272 e. The number of benzene rings is 2. The Morgan fingerprint density at radius 2 is 1.85 bits per heavy atom. The van der Waals surface area contributed by atoms with Crippen LogP contribution >= 0.6 is 0 Å². The summed E-state index contributed by atoms with van der Waals surface area (Å²) in [5.74, 6) is -0.375. The van der Waals surface area contributed by atoms with Gasteiger partial charge in [-0.3, -0.25) is 14.9 Å². The first-order valence-electron chi connectivity index (χ1n) is 9.10. The first-order valence-corrected chi connectivity index (χ1v) is 9.10. The predicted octanol–water partition coefficient (Wildman–Crippen LogP) is 2.78. The molecule has 1 unspecified atom stereocenters. The van der Waals surface area contributed by atoms with E-state index in [0.717, 1.165) is 43.2 Å². The second kappa shape index (κ2) is 7.36. The standard InChI is InChI=1S/C20H21N3O4/c24-20(15-12-14-2-1-3-19(23(25)26)18(14)13-15)21-16-4-6-17(7-5-16)22-8-10-27-11-9-22/h1-7,15H,8-13H2,(H,21,24). The van der Waals surface area contributed by atoms with E-state index in [1.54, 1.807) is 6.07 Å². The number of nitro benzene ring substituents is 1. The largest absolute Gasteiger partial charge is 0.378 e. The van der Waals surface area contributed by atoms with E-state index in [9.17, 15) is 14.9 Å². The number of ether oxygens (including phenoxy) is 1.